The molecule has 3 aromatic rings. The Labute approximate surface area is 161 Å². The van der Waals surface area contributed by atoms with E-state index in [0.29, 0.717) is 11.3 Å². The number of primary amides is 1. The van der Waals surface area contributed by atoms with Crippen molar-refractivity contribution >= 4 is 17.5 Å². The Morgan fingerprint density at radius 2 is 1.79 bits per heavy atom. The van der Waals surface area contributed by atoms with Crippen LogP contribution in [0.25, 0.3) is 11.4 Å². The molecule has 1 aromatic heterocycles. The SMILES string of the molecule is Cc1cccc(NC(=O)Cn2c(-c3ccccc3)ncc(C(N)=O)c2=O)c1C. The molecule has 0 atom stereocenters. The molecular weight excluding hydrogens is 356 g/mol. The van der Waals surface area contributed by atoms with Crippen molar-refractivity contribution in [3.63, 3.8) is 0 Å². The highest BCUT2D eigenvalue weighted by Gasteiger charge is 2.18. The van der Waals surface area contributed by atoms with Crippen molar-refractivity contribution in [3.8, 4) is 11.4 Å². The number of nitrogens with zero attached hydrogens (tertiary/aromatic N) is 2. The second-order valence-corrected chi connectivity index (χ2v) is 6.41. The number of carbonyl (C=O) groups is 2. The predicted octanol–water partition coefficient (Wildman–Crippen LogP) is 2.26. The molecule has 1 heterocycles. The first-order valence-corrected chi connectivity index (χ1v) is 8.69. The first-order valence-electron chi connectivity index (χ1n) is 8.69. The number of anilines is 1. The van der Waals surface area contributed by atoms with Crippen LogP contribution in [0.3, 0.4) is 0 Å². The summed E-state index contributed by atoms with van der Waals surface area (Å²) in [6.07, 6.45) is 1.14. The van der Waals surface area contributed by atoms with E-state index in [1.807, 2.05) is 32.0 Å². The summed E-state index contributed by atoms with van der Waals surface area (Å²) in [5.41, 5.74) is 7.64. The summed E-state index contributed by atoms with van der Waals surface area (Å²) < 4.78 is 1.16. The fourth-order valence-electron chi connectivity index (χ4n) is 2.85. The lowest BCUT2D eigenvalue weighted by Crippen LogP contribution is -2.34. The van der Waals surface area contributed by atoms with E-state index in [1.165, 1.54) is 0 Å². The van der Waals surface area contributed by atoms with E-state index in [-0.39, 0.29) is 17.9 Å². The number of amides is 2. The number of rotatable bonds is 5. The van der Waals surface area contributed by atoms with Crippen LogP contribution in [0.15, 0.2) is 59.5 Å². The van der Waals surface area contributed by atoms with E-state index in [1.54, 1.807) is 30.3 Å². The Balaban J connectivity index is 2.00. The Morgan fingerprint density at radius 1 is 1.07 bits per heavy atom. The maximum Gasteiger partial charge on any atom is 0.267 e. The van der Waals surface area contributed by atoms with Crippen molar-refractivity contribution in [3.05, 3.63) is 81.8 Å². The summed E-state index contributed by atoms with van der Waals surface area (Å²) in [7, 11) is 0. The third-order valence-corrected chi connectivity index (χ3v) is 4.53. The highest BCUT2D eigenvalue weighted by Crippen LogP contribution is 2.19. The normalized spacial score (nSPS) is 10.5. The number of nitrogens with one attached hydrogen (secondary N) is 1. The van der Waals surface area contributed by atoms with E-state index in [4.69, 9.17) is 5.73 Å². The first-order chi connectivity index (χ1) is 13.4. The molecule has 28 heavy (non-hydrogen) atoms. The van der Waals surface area contributed by atoms with Crippen molar-refractivity contribution in [2.75, 3.05) is 5.32 Å². The van der Waals surface area contributed by atoms with Gasteiger partial charge in [-0.2, -0.15) is 0 Å². The van der Waals surface area contributed by atoms with Crippen molar-refractivity contribution < 1.29 is 9.59 Å². The number of nitrogens with two attached hydrogens (primary N) is 1. The zero-order valence-corrected chi connectivity index (χ0v) is 15.6. The van der Waals surface area contributed by atoms with Gasteiger partial charge in [-0.15, -0.1) is 0 Å². The fraction of sp³-hybridized carbons (Fsp3) is 0.143. The molecular formula is C21H20N4O3. The molecule has 0 aliphatic rings. The molecule has 0 radical (unpaired) electrons. The topological polar surface area (TPSA) is 107 Å². The molecule has 2 aromatic carbocycles. The van der Waals surface area contributed by atoms with Gasteiger partial charge in [0, 0.05) is 17.4 Å². The van der Waals surface area contributed by atoms with Crippen molar-refractivity contribution in [1.29, 1.82) is 0 Å². The van der Waals surface area contributed by atoms with Gasteiger partial charge < -0.3 is 11.1 Å². The van der Waals surface area contributed by atoms with Gasteiger partial charge >= 0.3 is 0 Å². The van der Waals surface area contributed by atoms with E-state index in [9.17, 15) is 14.4 Å². The third kappa shape index (κ3) is 3.83. The molecule has 0 saturated carbocycles. The third-order valence-electron chi connectivity index (χ3n) is 4.53. The van der Waals surface area contributed by atoms with Gasteiger partial charge in [-0.3, -0.25) is 19.0 Å². The maximum atomic E-state index is 12.8. The molecule has 0 saturated heterocycles. The van der Waals surface area contributed by atoms with Crippen LogP contribution in [-0.4, -0.2) is 21.4 Å². The summed E-state index contributed by atoms with van der Waals surface area (Å²) in [6, 6.07) is 14.5. The van der Waals surface area contributed by atoms with Crippen LogP contribution in [0.4, 0.5) is 5.69 Å². The highest BCUT2D eigenvalue weighted by molar-refractivity contribution is 5.93. The lowest BCUT2D eigenvalue weighted by atomic mass is 10.1. The van der Waals surface area contributed by atoms with Crippen LogP contribution in [0.2, 0.25) is 0 Å². The van der Waals surface area contributed by atoms with Crippen LogP contribution >= 0.6 is 0 Å². The molecule has 0 fully saturated rings. The number of aryl methyl sites for hydroxylation is 1. The highest BCUT2D eigenvalue weighted by atomic mass is 16.2. The van der Waals surface area contributed by atoms with Crippen molar-refractivity contribution in [1.82, 2.24) is 9.55 Å². The minimum atomic E-state index is -0.888. The number of carbonyl (C=O) groups excluding carboxylic acids is 2. The zero-order chi connectivity index (χ0) is 20.3. The van der Waals surface area contributed by atoms with E-state index in [0.717, 1.165) is 21.9 Å². The maximum absolute atomic E-state index is 12.8. The lowest BCUT2D eigenvalue weighted by molar-refractivity contribution is -0.116. The smallest absolute Gasteiger partial charge is 0.267 e. The predicted molar refractivity (Wildman–Crippen MR) is 107 cm³/mol. The van der Waals surface area contributed by atoms with Crippen LogP contribution in [0.5, 0.6) is 0 Å². The second-order valence-electron chi connectivity index (χ2n) is 6.41. The summed E-state index contributed by atoms with van der Waals surface area (Å²) >= 11 is 0. The van der Waals surface area contributed by atoms with Gasteiger partial charge in [0.15, 0.2) is 0 Å². The summed E-state index contributed by atoms with van der Waals surface area (Å²) in [5, 5.41) is 2.81. The molecule has 142 valence electrons. The number of aromatic nitrogens is 2. The van der Waals surface area contributed by atoms with Crippen molar-refractivity contribution in [2.24, 2.45) is 5.73 Å². The summed E-state index contributed by atoms with van der Waals surface area (Å²) in [5.74, 6) is -1.01. The van der Waals surface area contributed by atoms with Gasteiger partial charge in [-0.25, -0.2) is 4.98 Å². The van der Waals surface area contributed by atoms with E-state index < -0.39 is 17.4 Å². The fourth-order valence-corrected chi connectivity index (χ4v) is 2.85. The average Bonchev–Trinajstić information content (AvgIpc) is 2.67. The lowest BCUT2D eigenvalue weighted by Gasteiger charge is -2.14. The van der Waals surface area contributed by atoms with Gasteiger partial charge in [0.2, 0.25) is 5.91 Å². The Hall–Kier alpha value is -3.74. The molecule has 2 amide bonds. The molecule has 0 aliphatic heterocycles. The minimum absolute atomic E-state index is 0.265. The Kier molecular flexibility index (Phi) is 5.35. The number of hydrogen-bond donors (Lipinski definition) is 2. The Morgan fingerprint density at radius 3 is 2.46 bits per heavy atom. The van der Waals surface area contributed by atoms with Crippen LogP contribution in [0.1, 0.15) is 21.5 Å². The monoisotopic (exact) mass is 376 g/mol. The van der Waals surface area contributed by atoms with E-state index >= 15 is 0 Å². The quantitative estimate of drug-likeness (QED) is 0.712. The largest absolute Gasteiger partial charge is 0.365 e. The molecule has 7 nitrogen and oxygen atoms in total. The van der Waals surface area contributed by atoms with Gasteiger partial charge in [0.25, 0.3) is 11.5 Å². The van der Waals surface area contributed by atoms with Gasteiger partial charge in [-0.1, -0.05) is 42.5 Å². The van der Waals surface area contributed by atoms with E-state index in [2.05, 4.69) is 10.3 Å². The number of hydrogen-bond acceptors (Lipinski definition) is 4. The Bertz CT molecular complexity index is 1100. The van der Waals surface area contributed by atoms with Crippen LogP contribution < -0.4 is 16.6 Å². The minimum Gasteiger partial charge on any atom is -0.365 e. The molecule has 0 unspecified atom stereocenters. The average molecular weight is 376 g/mol. The van der Waals surface area contributed by atoms with Crippen molar-refractivity contribution in [2.45, 2.75) is 20.4 Å². The molecule has 0 spiro atoms. The van der Waals surface area contributed by atoms with Gasteiger partial charge in [0.05, 0.1) is 0 Å². The summed E-state index contributed by atoms with van der Waals surface area (Å²) in [6.45, 7) is 3.55. The first kappa shape index (κ1) is 19.0. The molecule has 3 N–H and O–H groups in total. The molecule has 3 rings (SSSR count). The molecule has 0 aliphatic carbocycles. The number of benzene rings is 2. The van der Waals surface area contributed by atoms with Crippen LogP contribution in [0, 0.1) is 13.8 Å². The standard InChI is InChI=1S/C21H20N4O3/c1-13-7-6-10-17(14(13)2)24-18(26)12-25-20(15-8-4-3-5-9-15)23-11-16(19(22)27)21(25)28/h3-11H,12H2,1-2H3,(H2,22,27)(H,24,26). The van der Waals surface area contributed by atoms with Gasteiger partial charge in [0.1, 0.15) is 17.9 Å². The van der Waals surface area contributed by atoms with Gasteiger partial charge in [-0.05, 0) is 31.0 Å². The van der Waals surface area contributed by atoms with Crippen LogP contribution in [-0.2, 0) is 11.3 Å². The second kappa shape index (κ2) is 7.87. The molecule has 0 bridgehead atoms. The zero-order valence-electron chi connectivity index (χ0n) is 15.6. The molecule has 7 heteroatoms. The summed E-state index contributed by atoms with van der Waals surface area (Å²) in [4.78, 5) is 41.2.